The predicted molar refractivity (Wildman–Crippen MR) is 122 cm³/mol. The van der Waals surface area contributed by atoms with Crippen molar-refractivity contribution < 1.29 is 29.0 Å². The highest BCUT2D eigenvalue weighted by Crippen LogP contribution is 2.33. The van der Waals surface area contributed by atoms with Gasteiger partial charge in [0.05, 0.1) is 6.54 Å². The van der Waals surface area contributed by atoms with Gasteiger partial charge < -0.3 is 20.5 Å². The summed E-state index contributed by atoms with van der Waals surface area (Å²) in [6, 6.07) is 5.13. The number of alkyl carbamates (subject to hydrolysis) is 1. The van der Waals surface area contributed by atoms with Crippen LogP contribution in [0.2, 0.25) is 0 Å². The summed E-state index contributed by atoms with van der Waals surface area (Å²) in [6.45, 7) is 5.08. The zero-order chi connectivity index (χ0) is 25.6. The number of tetrazole rings is 1. The number of benzene rings is 1. The number of aliphatic carboxylic acids is 1. The van der Waals surface area contributed by atoms with Gasteiger partial charge in [-0.15, -0.1) is 10.2 Å². The van der Waals surface area contributed by atoms with Crippen LogP contribution in [0.15, 0.2) is 24.3 Å². The average Bonchev–Trinajstić information content (AvgIpc) is 3.42. The van der Waals surface area contributed by atoms with Crippen molar-refractivity contribution in [3.8, 4) is 0 Å². The van der Waals surface area contributed by atoms with Crippen molar-refractivity contribution in [2.45, 2.75) is 70.7 Å². The Kier molecular flexibility index (Phi) is 7.99. The summed E-state index contributed by atoms with van der Waals surface area (Å²) >= 11 is 0. The van der Waals surface area contributed by atoms with E-state index in [1.54, 1.807) is 32.9 Å². The van der Waals surface area contributed by atoms with Gasteiger partial charge in [0.2, 0.25) is 11.8 Å². The maximum atomic E-state index is 13.7. The van der Waals surface area contributed by atoms with Gasteiger partial charge in [-0.2, -0.15) is 5.21 Å². The number of para-hydroxylation sites is 1. The van der Waals surface area contributed by atoms with Crippen LogP contribution in [-0.4, -0.2) is 67.3 Å². The van der Waals surface area contributed by atoms with Crippen LogP contribution in [0.4, 0.5) is 10.5 Å². The Morgan fingerprint density at radius 3 is 2.66 bits per heavy atom. The molecule has 0 radical (unpaired) electrons. The van der Waals surface area contributed by atoms with Crippen LogP contribution in [0.1, 0.15) is 51.4 Å². The molecular formula is C22H29N7O6. The maximum Gasteiger partial charge on any atom is 0.408 e. The van der Waals surface area contributed by atoms with E-state index in [0.29, 0.717) is 5.69 Å². The Morgan fingerprint density at radius 2 is 2.00 bits per heavy atom. The quantitative estimate of drug-likeness (QED) is 0.400. The third kappa shape index (κ3) is 6.98. The molecule has 188 valence electrons. The minimum Gasteiger partial charge on any atom is -0.481 e. The SMILES string of the molecule is CC(C)(C)OC(=O)NC(CCCC(=O)O)C(=O)N1c2ccccc2CC1C(=O)NCc1nn[nH]n1. The first-order valence-electron chi connectivity index (χ1n) is 11.2. The Hall–Kier alpha value is -4.03. The van der Waals surface area contributed by atoms with E-state index in [0.717, 1.165) is 5.56 Å². The zero-order valence-electron chi connectivity index (χ0n) is 19.8. The molecule has 4 N–H and O–H groups in total. The number of amides is 3. The van der Waals surface area contributed by atoms with E-state index in [4.69, 9.17) is 9.84 Å². The van der Waals surface area contributed by atoms with Crippen LogP contribution < -0.4 is 15.5 Å². The summed E-state index contributed by atoms with van der Waals surface area (Å²) in [5, 5.41) is 27.6. The van der Waals surface area contributed by atoms with Crippen molar-refractivity contribution in [1.29, 1.82) is 0 Å². The van der Waals surface area contributed by atoms with E-state index in [9.17, 15) is 19.2 Å². The molecule has 0 aliphatic carbocycles. The summed E-state index contributed by atoms with van der Waals surface area (Å²) in [5.41, 5.74) is 0.546. The molecule has 13 nitrogen and oxygen atoms in total. The molecule has 0 saturated carbocycles. The zero-order valence-corrected chi connectivity index (χ0v) is 19.8. The fourth-order valence-electron chi connectivity index (χ4n) is 3.74. The summed E-state index contributed by atoms with van der Waals surface area (Å²) in [4.78, 5) is 51.6. The number of ether oxygens (including phenoxy) is 1. The van der Waals surface area contributed by atoms with Gasteiger partial charge in [0.25, 0.3) is 0 Å². The molecule has 2 heterocycles. The largest absolute Gasteiger partial charge is 0.481 e. The molecule has 2 unspecified atom stereocenters. The summed E-state index contributed by atoms with van der Waals surface area (Å²) in [5.74, 6) is -1.70. The van der Waals surface area contributed by atoms with Gasteiger partial charge in [0.15, 0.2) is 5.82 Å². The van der Waals surface area contributed by atoms with Crippen molar-refractivity contribution in [1.82, 2.24) is 31.3 Å². The fourth-order valence-corrected chi connectivity index (χ4v) is 3.74. The molecule has 3 rings (SSSR count). The van der Waals surface area contributed by atoms with E-state index < -0.39 is 41.6 Å². The number of aromatic nitrogens is 4. The molecule has 2 aromatic rings. The number of aromatic amines is 1. The second-order valence-electron chi connectivity index (χ2n) is 9.09. The lowest BCUT2D eigenvalue weighted by Crippen LogP contribution is -2.55. The van der Waals surface area contributed by atoms with Crippen LogP contribution in [0.3, 0.4) is 0 Å². The van der Waals surface area contributed by atoms with Gasteiger partial charge in [0.1, 0.15) is 17.7 Å². The number of hydrogen-bond acceptors (Lipinski definition) is 8. The number of carboxylic acids is 1. The molecule has 1 aromatic carbocycles. The number of carbonyl (C=O) groups is 4. The first-order valence-corrected chi connectivity index (χ1v) is 11.2. The molecule has 1 aliphatic heterocycles. The topological polar surface area (TPSA) is 180 Å². The lowest BCUT2D eigenvalue weighted by Gasteiger charge is -2.30. The Bertz CT molecular complexity index is 1070. The van der Waals surface area contributed by atoms with E-state index in [1.165, 1.54) is 4.90 Å². The van der Waals surface area contributed by atoms with E-state index in [2.05, 4.69) is 31.3 Å². The number of H-pyrrole nitrogens is 1. The molecule has 0 bridgehead atoms. The number of carbonyl (C=O) groups excluding carboxylic acids is 3. The third-order valence-corrected chi connectivity index (χ3v) is 5.20. The number of nitrogens with zero attached hydrogens (tertiary/aromatic N) is 4. The molecular weight excluding hydrogens is 458 g/mol. The second-order valence-corrected chi connectivity index (χ2v) is 9.09. The van der Waals surface area contributed by atoms with Crippen molar-refractivity contribution in [3.05, 3.63) is 35.7 Å². The molecule has 0 fully saturated rings. The van der Waals surface area contributed by atoms with Crippen molar-refractivity contribution in [2.75, 3.05) is 4.90 Å². The normalized spacial score (nSPS) is 15.7. The standard InChI is InChI=1S/C22H29N7O6/c1-22(2,3)35-21(34)24-14(8-6-10-18(30)31)20(33)29-15-9-5-4-7-13(15)11-16(29)19(32)23-12-17-25-27-28-26-17/h4-5,7,9,14,16H,6,8,10-12H2,1-3H3,(H,23,32)(H,24,34)(H,30,31)(H,25,26,27,28). The van der Waals surface area contributed by atoms with Crippen LogP contribution in [-0.2, 0) is 32.1 Å². The van der Waals surface area contributed by atoms with Crippen LogP contribution >= 0.6 is 0 Å². The van der Waals surface area contributed by atoms with Gasteiger partial charge in [0, 0.05) is 18.5 Å². The van der Waals surface area contributed by atoms with Gasteiger partial charge in [-0.3, -0.25) is 19.3 Å². The average molecular weight is 488 g/mol. The smallest absolute Gasteiger partial charge is 0.408 e. The highest BCUT2D eigenvalue weighted by Gasteiger charge is 2.41. The lowest BCUT2D eigenvalue weighted by molar-refractivity contribution is -0.137. The van der Waals surface area contributed by atoms with Gasteiger partial charge in [-0.1, -0.05) is 23.4 Å². The highest BCUT2D eigenvalue weighted by atomic mass is 16.6. The molecule has 13 heteroatoms. The third-order valence-electron chi connectivity index (χ3n) is 5.20. The first-order chi connectivity index (χ1) is 16.5. The highest BCUT2D eigenvalue weighted by molar-refractivity contribution is 6.06. The summed E-state index contributed by atoms with van der Waals surface area (Å²) in [7, 11) is 0. The lowest BCUT2D eigenvalue weighted by atomic mass is 10.1. The van der Waals surface area contributed by atoms with Crippen molar-refractivity contribution >= 4 is 29.6 Å². The van der Waals surface area contributed by atoms with Crippen LogP contribution in [0.25, 0.3) is 0 Å². The van der Waals surface area contributed by atoms with Crippen LogP contribution in [0, 0.1) is 0 Å². The van der Waals surface area contributed by atoms with E-state index >= 15 is 0 Å². The number of anilines is 1. The molecule has 1 aliphatic rings. The van der Waals surface area contributed by atoms with E-state index in [1.807, 2.05) is 12.1 Å². The number of nitrogens with one attached hydrogen (secondary N) is 3. The predicted octanol–water partition coefficient (Wildman–Crippen LogP) is 0.922. The molecule has 0 spiro atoms. The van der Waals surface area contributed by atoms with Crippen molar-refractivity contribution in [3.63, 3.8) is 0 Å². The molecule has 2 atom stereocenters. The Morgan fingerprint density at radius 1 is 1.26 bits per heavy atom. The molecule has 35 heavy (non-hydrogen) atoms. The second kappa shape index (κ2) is 10.9. The maximum absolute atomic E-state index is 13.7. The summed E-state index contributed by atoms with van der Waals surface area (Å²) in [6.07, 6.45) is -0.512. The van der Waals surface area contributed by atoms with Crippen molar-refractivity contribution in [2.24, 2.45) is 0 Å². The molecule has 0 saturated heterocycles. The van der Waals surface area contributed by atoms with E-state index in [-0.39, 0.29) is 38.1 Å². The van der Waals surface area contributed by atoms with Gasteiger partial charge >= 0.3 is 12.1 Å². The minimum atomic E-state index is -1.09. The monoisotopic (exact) mass is 487 g/mol. The van der Waals surface area contributed by atoms with Gasteiger partial charge in [-0.25, -0.2) is 4.79 Å². The number of hydrogen-bond donors (Lipinski definition) is 4. The number of fused-ring (bicyclic) bond motifs is 1. The summed E-state index contributed by atoms with van der Waals surface area (Å²) < 4.78 is 5.29. The molecule has 3 amide bonds. The van der Waals surface area contributed by atoms with Gasteiger partial charge in [-0.05, 0) is 45.2 Å². The minimum absolute atomic E-state index is 0.0163. The Balaban J connectivity index is 1.83. The fraction of sp³-hybridized carbons (Fsp3) is 0.500. The molecule has 1 aromatic heterocycles. The number of rotatable bonds is 9. The Labute approximate surface area is 201 Å². The number of carboxylic acid groups (broad SMARTS) is 1. The van der Waals surface area contributed by atoms with Crippen LogP contribution in [0.5, 0.6) is 0 Å². The first kappa shape index (κ1) is 25.6.